The molecule has 2 aromatic heterocycles. The minimum absolute atomic E-state index is 0.0751. The molecular weight excluding hydrogens is 634 g/mol. The monoisotopic (exact) mass is 665 g/mol. The third kappa shape index (κ3) is 6.84. The number of hydrogen-bond acceptors (Lipinski definition) is 7. The Morgan fingerprint density at radius 2 is 1.08 bits per heavy atom. The number of nitrogens with zero attached hydrogens (tertiary/aromatic N) is 2. The van der Waals surface area contributed by atoms with Gasteiger partial charge >= 0.3 is 0 Å². The Bertz CT molecular complexity index is 2290. The number of ether oxygens (including phenoxy) is 2. The summed E-state index contributed by atoms with van der Waals surface area (Å²) < 4.78 is 10.7. The van der Waals surface area contributed by atoms with Crippen molar-refractivity contribution in [3.63, 3.8) is 0 Å². The molecule has 0 saturated heterocycles. The standard InChI is InChI=1S/C24H20N2O2.C17H12ClNO2/c1-16-9-6-7-13-20(16)26-22-18-12-8-14-21(28-2)23(18)25-15-19(22)24(27)17-10-4-3-5-11-17;1-21-14-9-5-8-12-15(18)13(10-19-16(12)14)17(20)11-6-3-2-4-7-11/h3-15H,1-2H3,(H,25,26);2-10H,1H3. The highest BCUT2D eigenvalue weighted by molar-refractivity contribution is 6.39. The maximum absolute atomic E-state index is 13.2. The van der Waals surface area contributed by atoms with Gasteiger partial charge < -0.3 is 14.8 Å². The number of fused-ring (bicyclic) bond motifs is 2. The summed E-state index contributed by atoms with van der Waals surface area (Å²) in [5, 5.41) is 5.41. The Morgan fingerprint density at radius 1 is 0.592 bits per heavy atom. The summed E-state index contributed by atoms with van der Waals surface area (Å²) in [5.74, 6) is 1.09. The summed E-state index contributed by atoms with van der Waals surface area (Å²) in [7, 11) is 3.20. The molecule has 7 rings (SSSR count). The second-order valence-electron chi connectivity index (χ2n) is 11.1. The molecule has 0 bridgehead atoms. The molecule has 242 valence electrons. The SMILES string of the molecule is COc1cccc2c(Cl)c(C(=O)c3ccccc3)cnc12.COc1cccc2c(Nc3ccccc3C)c(C(=O)c3ccccc3)cnc12. The van der Waals surface area contributed by atoms with E-state index in [-0.39, 0.29) is 11.6 Å². The van der Waals surface area contributed by atoms with E-state index < -0.39 is 0 Å². The first-order valence-corrected chi connectivity index (χ1v) is 15.9. The molecule has 0 radical (unpaired) electrons. The predicted molar refractivity (Wildman–Crippen MR) is 196 cm³/mol. The van der Waals surface area contributed by atoms with Gasteiger partial charge in [-0.3, -0.25) is 19.6 Å². The van der Waals surface area contributed by atoms with E-state index >= 15 is 0 Å². The molecule has 0 saturated carbocycles. The lowest BCUT2D eigenvalue weighted by Crippen LogP contribution is -2.08. The molecule has 0 fully saturated rings. The van der Waals surface area contributed by atoms with Gasteiger partial charge in [0.05, 0.1) is 36.1 Å². The summed E-state index contributed by atoms with van der Waals surface area (Å²) in [6, 6.07) is 37.4. The van der Waals surface area contributed by atoms with Crippen LogP contribution in [0, 0.1) is 6.92 Å². The van der Waals surface area contributed by atoms with Crippen LogP contribution >= 0.6 is 11.6 Å². The van der Waals surface area contributed by atoms with E-state index in [0.717, 1.165) is 22.3 Å². The number of nitrogens with one attached hydrogen (secondary N) is 1. The molecule has 8 heteroatoms. The third-order valence-corrected chi connectivity index (χ3v) is 8.47. The van der Waals surface area contributed by atoms with Crippen molar-refractivity contribution in [1.82, 2.24) is 9.97 Å². The van der Waals surface area contributed by atoms with Crippen molar-refractivity contribution in [3.8, 4) is 11.5 Å². The first kappa shape index (κ1) is 32.9. The maximum Gasteiger partial charge on any atom is 0.196 e. The molecule has 0 aliphatic rings. The Morgan fingerprint density at radius 3 is 1.65 bits per heavy atom. The lowest BCUT2D eigenvalue weighted by Gasteiger charge is -2.16. The fourth-order valence-corrected chi connectivity index (χ4v) is 5.78. The number of carbonyl (C=O) groups excluding carboxylic acids is 2. The van der Waals surface area contributed by atoms with Gasteiger partial charge in [0.15, 0.2) is 11.6 Å². The summed E-state index contributed by atoms with van der Waals surface area (Å²) >= 11 is 6.40. The van der Waals surface area contributed by atoms with E-state index in [2.05, 4.69) is 15.3 Å². The number of pyridine rings is 2. The summed E-state index contributed by atoms with van der Waals surface area (Å²) in [4.78, 5) is 34.6. The summed E-state index contributed by atoms with van der Waals surface area (Å²) in [6.07, 6.45) is 3.13. The van der Waals surface area contributed by atoms with E-state index in [1.165, 1.54) is 6.20 Å². The maximum atomic E-state index is 13.2. The van der Waals surface area contributed by atoms with Crippen LogP contribution in [0.2, 0.25) is 5.02 Å². The van der Waals surface area contributed by atoms with Crippen LogP contribution in [0.3, 0.4) is 0 Å². The zero-order valence-electron chi connectivity index (χ0n) is 27.1. The Hall–Kier alpha value is -6.05. The van der Waals surface area contributed by atoms with Crippen LogP contribution in [0.1, 0.15) is 37.4 Å². The number of para-hydroxylation sites is 3. The lowest BCUT2D eigenvalue weighted by atomic mass is 10.00. The van der Waals surface area contributed by atoms with Crippen LogP contribution in [-0.4, -0.2) is 35.8 Å². The van der Waals surface area contributed by atoms with E-state index in [1.807, 2.05) is 116 Å². The van der Waals surface area contributed by atoms with Crippen molar-refractivity contribution in [2.45, 2.75) is 6.92 Å². The fraction of sp³-hybridized carbons (Fsp3) is 0.0732. The molecule has 0 unspecified atom stereocenters. The largest absolute Gasteiger partial charge is 0.494 e. The quantitative estimate of drug-likeness (QED) is 0.162. The van der Waals surface area contributed by atoms with Gasteiger partial charge in [0.2, 0.25) is 0 Å². The molecule has 1 N–H and O–H groups in total. The zero-order valence-corrected chi connectivity index (χ0v) is 27.9. The van der Waals surface area contributed by atoms with Crippen LogP contribution in [-0.2, 0) is 0 Å². The van der Waals surface area contributed by atoms with Gasteiger partial charge in [-0.1, -0.05) is 115 Å². The van der Waals surface area contributed by atoms with Crippen LogP contribution in [0.5, 0.6) is 11.5 Å². The third-order valence-electron chi connectivity index (χ3n) is 8.06. The zero-order chi connectivity index (χ0) is 34.3. The summed E-state index contributed by atoms with van der Waals surface area (Å²) in [6.45, 7) is 2.03. The van der Waals surface area contributed by atoms with Gasteiger partial charge in [0, 0.05) is 40.0 Å². The smallest absolute Gasteiger partial charge is 0.196 e. The predicted octanol–water partition coefficient (Wildman–Crippen LogP) is 9.65. The highest BCUT2D eigenvalue weighted by Gasteiger charge is 2.20. The molecule has 0 spiro atoms. The number of aromatic nitrogens is 2. The van der Waals surface area contributed by atoms with Crippen molar-refractivity contribution in [1.29, 1.82) is 0 Å². The molecule has 49 heavy (non-hydrogen) atoms. The number of rotatable bonds is 8. The van der Waals surface area contributed by atoms with E-state index in [9.17, 15) is 9.59 Å². The highest BCUT2D eigenvalue weighted by atomic mass is 35.5. The number of aryl methyl sites for hydroxylation is 1. The fourth-order valence-electron chi connectivity index (χ4n) is 5.49. The van der Waals surface area contributed by atoms with Crippen LogP contribution < -0.4 is 14.8 Å². The number of halogens is 1. The summed E-state index contributed by atoms with van der Waals surface area (Å²) in [5.41, 5.74) is 6.25. The molecule has 0 atom stereocenters. The number of benzene rings is 5. The van der Waals surface area contributed by atoms with Gasteiger partial charge in [-0.25, -0.2) is 0 Å². The second kappa shape index (κ2) is 14.8. The van der Waals surface area contributed by atoms with Gasteiger partial charge in [0.25, 0.3) is 0 Å². The minimum Gasteiger partial charge on any atom is -0.494 e. The molecule has 0 aliphatic carbocycles. The first-order chi connectivity index (χ1) is 23.9. The lowest BCUT2D eigenvalue weighted by molar-refractivity contribution is 0.103. The van der Waals surface area contributed by atoms with Crippen LogP contribution in [0.4, 0.5) is 11.4 Å². The van der Waals surface area contributed by atoms with Gasteiger partial charge in [0.1, 0.15) is 22.5 Å². The van der Waals surface area contributed by atoms with E-state index in [1.54, 1.807) is 32.5 Å². The van der Waals surface area contributed by atoms with E-state index in [0.29, 0.717) is 55.2 Å². The van der Waals surface area contributed by atoms with Crippen molar-refractivity contribution in [2.24, 2.45) is 0 Å². The number of anilines is 2. The van der Waals surface area contributed by atoms with Crippen molar-refractivity contribution in [3.05, 3.63) is 167 Å². The average molecular weight is 666 g/mol. The Kier molecular flexibility index (Phi) is 9.93. The molecular formula is C41H32ClN3O4. The van der Waals surface area contributed by atoms with Gasteiger partial charge in [-0.2, -0.15) is 0 Å². The van der Waals surface area contributed by atoms with Crippen molar-refractivity contribution in [2.75, 3.05) is 19.5 Å². The van der Waals surface area contributed by atoms with Crippen molar-refractivity contribution < 1.29 is 19.1 Å². The molecule has 5 aromatic carbocycles. The Labute approximate surface area is 289 Å². The Balaban J connectivity index is 0.000000177. The molecule has 2 heterocycles. The van der Waals surface area contributed by atoms with Crippen LogP contribution in [0.25, 0.3) is 21.8 Å². The minimum atomic E-state index is -0.141. The highest BCUT2D eigenvalue weighted by Crippen LogP contribution is 2.35. The number of ketones is 2. The van der Waals surface area contributed by atoms with Gasteiger partial charge in [-0.05, 0) is 30.7 Å². The average Bonchev–Trinajstić information content (AvgIpc) is 3.16. The molecule has 0 amide bonds. The van der Waals surface area contributed by atoms with E-state index in [4.69, 9.17) is 21.1 Å². The van der Waals surface area contributed by atoms with Crippen molar-refractivity contribution >= 4 is 56.3 Å². The topological polar surface area (TPSA) is 90.4 Å². The van der Waals surface area contributed by atoms with Gasteiger partial charge in [-0.15, -0.1) is 0 Å². The molecule has 7 nitrogen and oxygen atoms in total. The normalized spacial score (nSPS) is 10.6. The number of carbonyl (C=O) groups is 2. The first-order valence-electron chi connectivity index (χ1n) is 15.5. The van der Waals surface area contributed by atoms with Crippen LogP contribution in [0.15, 0.2) is 134 Å². The number of methoxy groups -OCH3 is 2. The number of hydrogen-bond donors (Lipinski definition) is 1. The second-order valence-corrected chi connectivity index (χ2v) is 11.5. The molecule has 0 aliphatic heterocycles. The molecule has 7 aromatic rings.